The Morgan fingerprint density at radius 2 is 1.97 bits per heavy atom. The van der Waals surface area contributed by atoms with Crippen molar-refractivity contribution in [2.45, 2.75) is 26.1 Å². The highest BCUT2D eigenvalue weighted by atomic mass is 32.2. The van der Waals surface area contributed by atoms with Gasteiger partial charge in [0.15, 0.2) is 5.17 Å². The van der Waals surface area contributed by atoms with Gasteiger partial charge >= 0.3 is 0 Å². The Hall–Kier alpha value is -2.88. The van der Waals surface area contributed by atoms with E-state index in [1.165, 1.54) is 22.9 Å². The molecular weight excluding hydrogens is 438 g/mol. The smallest absolute Gasteiger partial charge is 0.241 e. The van der Waals surface area contributed by atoms with Crippen LogP contribution >= 0.6 is 11.8 Å². The van der Waals surface area contributed by atoms with Gasteiger partial charge in [-0.15, -0.1) is 0 Å². The Labute approximate surface area is 197 Å². The van der Waals surface area contributed by atoms with Crippen molar-refractivity contribution in [2.75, 3.05) is 30.3 Å². The molecule has 0 aromatic heterocycles. The van der Waals surface area contributed by atoms with E-state index in [0.29, 0.717) is 31.4 Å². The van der Waals surface area contributed by atoms with Crippen molar-refractivity contribution in [2.24, 2.45) is 10.9 Å². The first kappa shape index (κ1) is 21.9. The Morgan fingerprint density at radius 1 is 1.18 bits per heavy atom. The van der Waals surface area contributed by atoms with Gasteiger partial charge in [0.25, 0.3) is 0 Å². The molecule has 0 bridgehead atoms. The van der Waals surface area contributed by atoms with Gasteiger partial charge < -0.3 is 9.64 Å². The van der Waals surface area contributed by atoms with Crippen molar-refractivity contribution in [3.05, 3.63) is 59.7 Å². The molecule has 3 heterocycles. The average Bonchev–Trinajstić information content (AvgIpc) is 3.32. The predicted molar refractivity (Wildman–Crippen MR) is 129 cm³/mol. The molecule has 5 rings (SSSR count). The van der Waals surface area contributed by atoms with Crippen LogP contribution in [-0.4, -0.2) is 53.5 Å². The van der Waals surface area contributed by atoms with Crippen LogP contribution < -0.4 is 20.5 Å². The molecule has 172 valence electrons. The highest BCUT2D eigenvalue weighted by Gasteiger charge is 2.42. The average molecular weight is 466 g/mol. The van der Waals surface area contributed by atoms with Gasteiger partial charge in [0, 0.05) is 19.6 Å². The molecule has 9 heteroatoms. The lowest BCUT2D eigenvalue weighted by Crippen LogP contribution is -2.49. The normalized spacial score (nSPS) is 22.0. The first-order valence-electron chi connectivity index (χ1n) is 11.2. The number of anilines is 1. The monoisotopic (exact) mass is 465 g/mol. The number of nitrogens with zero attached hydrogens (tertiary/aromatic N) is 3. The van der Waals surface area contributed by atoms with Gasteiger partial charge in [-0.25, -0.2) is 10.4 Å². The number of amides is 2. The van der Waals surface area contributed by atoms with Crippen LogP contribution in [0.25, 0.3) is 0 Å². The molecule has 0 saturated carbocycles. The fraction of sp³-hybridized carbons (Fsp3) is 0.375. The summed E-state index contributed by atoms with van der Waals surface area (Å²) in [5.41, 5.74) is 9.33. The minimum atomic E-state index is -0.323. The number of hydrogen-bond donors (Lipinski definition) is 2. The van der Waals surface area contributed by atoms with Crippen molar-refractivity contribution in [1.29, 1.82) is 0 Å². The highest BCUT2D eigenvalue weighted by molar-refractivity contribution is 8.14. The summed E-state index contributed by atoms with van der Waals surface area (Å²) in [4.78, 5) is 34.7. The maximum atomic E-state index is 13.3. The number of hydrogen-bond acceptors (Lipinski definition) is 7. The number of ether oxygens (including phenoxy) is 1. The summed E-state index contributed by atoms with van der Waals surface area (Å²) in [5.74, 6) is 0.719. The van der Waals surface area contributed by atoms with E-state index in [4.69, 9.17) is 9.73 Å². The number of fused-ring (bicyclic) bond motifs is 2. The molecule has 0 radical (unpaired) electrons. The molecule has 2 aromatic carbocycles. The van der Waals surface area contributed by atoms with Gasteiger partial charge in [-0.05, 0) is 48.7 Å². The first-order valence-corrected chi connectivity index (χ1v) is 12.2. The Balaban J connectivity index is 1.32. The van der Waals surface area contributed by atoms with E-state index in [1.807, 2.05) is 48.2 Å². The Morgan fingerprint density at radius 3 is 2.76 bits per heavy atom. The molecule has 33 heavy (non-hydrogen) atoms. The zero-order valence-electron chi connectivity index (χ0n) is 18.5. The third-order valence-electron chi connectivity index (χ3n) is 6.15. The number of thioether (sulfide) groups is 1. The van der Waals surface area contributed by atoms with E-state index >= 15 is 0 Å². The van der Waals surface area contributed by atoms with Gasteiger partial charge in [-0.1, -0.05) is 36.0 Å². The predicted octanol–water partition coefficient (Wildman–Crippen LogP) is 2.16. The molecule has 1 fully saturated rings. The quantitative estimate of drug-likeness (QED) is 0.704. The number of rotatable bonds is 5. The van der Waals surface area contributed by atoms with Gasteiger partial charge in [0.2, 0.25) is 11.8 Å². The van der Waals surface area contributed by atoms with Crippen molar-refractivity contribution in [3.63, 3.8) is 0 Å². The van der Waals surface area contributed by atoms with Crippen LogP contribution in [0.1, 0.15) is 18.1 Å². The third kappa shape index (κ3) is 4.48. The maximum absolute atomic E-state index is 13.3. The fourth-order valence-electron chi connectivity index (χ4n) is 4.39. The number of nitrogens with one attached hydrogen (secondary N) is 2. The summed E-state index contributed by atoms with van der Waals surface area (Å²) in [6.45, 7) is 4.36. The summed E-state index contributed by atoms with van der Waals surface area (Å²) < 4.78 is 5.53. The first-order chi connectivity index (χ1) is 16.1. The summed E-state index contributed by atoms with van der Waals surface area (Å²) >= 11 is 1.32. The second-order valence-corrected chi connectivity index (χ2v) is 9.15. The van der Waals surface area contributed by atoms with E-state index < -0.39 is 0 Å². The number of aliphatic imine (C=N–C) groups is 1. The van der Waals surface area contributed by atoms with Crippen molar-refractivity contribution < 1.29 is 14.3 Å². The number of carbonyl (C=O) groups is 2. The standard InChI is InChI=1S/C24H27N5O3S/c1-2-32-19-9-7-18(8-10-19)29-23(31)20-13-25-27-22(20)26-24(29)33-15-21(30)28-12-11-16-5-3-4-6-17(16)14-28/h3-10,20,22,25,27H,2,11-15H2,1H3. The SMILES string of the molecule is CCOc1ccc(N2C(=O)C3CNNC3N=C2SCC(=O)N2CCc3ccccc3C2)cc1. The molecule has 2 atom stereocenters. The lowest BCUT2D eigenvalue weighted by molar-refractivity contribution is -0.129. The van der Waals surface area contributed by atoms with Gasteiger partial charge in [-0.3, -0.25) is 19.9 Å². The van der Waals surface area contributed by atoms with Crippen LogP contribution in [-0.2, 0) is 22.6 Å². The molecule has 0 spiro atoms. The Kier molecular flexibility index (Phi) is 6.34. The van der Waals surface area contributed by atoms with E-state index in [-0.39, 0.29) is 29.7 Å². The third-order valence-corrected chi connectivity index (χ3v) is 7.08. The topological polar surface area (TPSA) is 86.3 Å². The van der Waals surface area contributed by atoms with Crippen LogP contribution in [0.15, 0.2) is 53.5 Å². The molecule has 3 aliphatic rings. The molecule has 3 aliphatic heterocycles. The van der Waals surface area contributed by atoms with E-state index in [2.05, 4.69) is 23.0 Å². The Bertz CT molecular complexity index is 1070. The number of hydrazine groups is 1. The number of benzene rings is 2. The summed E-state index contributed by atoms with van der Waals surface area (Å²) in [7, 11) is 0. The minimum Gasteiger partial charge on any atom is -0.494 e. The van der Waals surface area contributed by atoms with Crippen molar-refractivity contribution in [3.8, 4) is 5.75 Å². The lowest BCUT2D eigenvalue weighted by Gasteiger charge is -2.33. The van der Waals surface area contributed by atoms with Crippen LogP contribution in [0.4, 0.5) is 5.69 Å². The van der Waals surface area contributed by atoms with E-state index in [1.54, 1.807) is 4.90 Å². The second kappa shape index (κ2) is 9.54. The van der Waals surface area contributed by atoms with Crippen LogP contribution in [0.3, 0.4) is 0 Å². The number of carbonyl (C=O) groups excluding carboxylic acids is 2. The molecule has 1 saturated heterocycles. The van der Waals surface area contributed by atoms with Gasteiger partial charge in [0.05, 0.1) is 24.0 Å². The molecule has 2 unspecified atom stereocenters. The molecular formula is C24H27N5O3S. The highest BCUT2D eigenvalue weighted by Crippen LogP contribution is 2.31. The molecule has 2 amide bonds. The molecule has 8 nitrogen and oxygen atoms in total. The fourth-order valence-corrected chi connectivity index (χ4v) is 5.34. The zero-order valence-corrected chi connectivity index (χ0v) is 19.3. The van der Waals surface area contributed by atoms with Crippen LogP contribution in [0.2, 0.25) is 0 Å². The largest absolute Gasteiger partial charge is 0.494 e. The zero-order chi connectivity index (χ0) is 22.8. The van der Waals surface area contributed by atoms with Gasteiger partial charge in [0.1, 0.15) is 11.9 Å². The maximum Gasteiger partial charge on any atom is 0.241 e. The van der Waals surface area contributed by atoms with E-state index in [0.717, 1.165) is 17.9 Å². The van der Waals surface area contributed by atoms with E-state index in [9.17, 15) is 9.59 Å². The molecule has 2 aromatic rings. The molecule has 0 aliphatic carbocycles. The summed E-state index contributed by atoms with van der Waals surface area (Å²) in [6, 6.07) is 15.7. The minimum absolute atomic E-state index is 0.0292. The summed E-state index contributed by atoms with van der Waals surface area (Å²) in [6.07, 6.45) is 0.542. The van der Waals surface area contributed by atoms with Crippen molar-refractivity contribution in [1.82, 2.24) is 15.8 Å². The molecule has 2 N–H and O–H groups in total. The van der Waals surface area contributed by atoms with Crippen LogP contribution in [0.5, 0.6) is 5.75 Å². The van der Waals surface area contributed by atoms with Crippen molar-refractivity contribution >= 4 is 34.4 Å². The number of amidine groups is 1. The second-order valence-electron chi connectivity index (χ2n) is 8.21. The summed E-state index contributed by atoms with van der Waals surface area (Å²) in [5, 5.41) is 0.535. The lowest BCUT2D eigenvalue weighted by atomic mass is 10.00. The van der Waals surface area contributed by atoms with Gasteiger partial charge in [-0.2, -0.15) is 0 Å². The van der Waals surface area contributed by atoms with Crippen LogP contribution in [0, 0.1) is 5.92 Å².